The standard InChI is InChI=1S/C25H27ClF3N5O3.C23H21ClF3N5O3/c1-15-19-12-16(4-6-21(19)32-24(30-15)34-10-8-17(9-11-34)33(2)3)31-23(35)14-36-22-7-5-18(13-20(22)26)37-25(27,28)29;1-12-17-7-13(2-4-19(17)31-22(29-12)32-10-14-6-15(32)9-28-14)30-21(33)11-34-20-5-3-16(8-18(20)24)35-23(25,26)27/h4-7,12-13,17H,8-11,14H2,1-3H3,(H,31,35);2-5,7-8,14-15,28H,6,9-11H2,1H3,(H,30,33). The van der Waals surface area contributed by atoms with E-state index in [-0.39, 0.29) is 21.5 Å². The number of anilines is 4. The second kappa shape index (κ2) is 21.6. The lowest BCUT2D eigenvalue weighted by molar-refractivity contribution is -0.275. The Morgan fingerprint density at radius 1 is 0.708 bits per heavy atom. The van der Waals surface area contributed by atoms with Crippen LogP contribution >= 0.6 is 23.2 Å². The highest BCUT2D eigenvalue weighted by Crippen LogP contribution is 2.34. The Bertz CT molecular complexity index is 2960. The molecular formula is C48H48Cl2F6N10O6. The number of carbonyl (C=O) groups excluding carboxylic acids is 2. The molecule has 3 saturated heterocycles. The van der Waals surface area contributed by atoms with Crippen molar-refractivity contribution in [2.24, 2.45) is 0 Å². The van der Waals surface area contributed by atoms with E-state index in [9.17, 15) is 35.9 Å². The first kappa shape index (κ1) is 51.7. The van der Waals surface area contributed by atoms with Crippen LogP contribution < -0.4 is 44.7 Å². The average molecular weight is 1050 g/mol. The molecule has 2 unspecified atom stereocenters. The molecule has 2 atom stereocenters. The number of hydrogen-bond donors (Lipinski definition) is 3. The van der Waals surface area contributed by atoms with Crippen molar-refractivity contribution in [1.82, 2.24) is 30.2 Å². The van der Waals surface area contributed by atoms with Gasteiger partial charge >= 0.3 is 12.7 Å². The van der Waals surface area contributed by atoms with Crippen LogP contribution in [0.1, 0.15) is 30.7 Å². The largest absolute Gasteiger partial charge is 0.573 e. The molecule has 3 aliphatic heterocycles. The molecule has 0 radical (unpaired) electrons. The van der Waals surface area contributed by atoms with Gasteiger partial charge in [0.15, 0.2) is 13.2 Å². The normalized spacial score (nSPS) is 17.0. The molecule has 0 aliphatic carbocycles. The minimum absolute atomic E-state index is 0.0521. The fourth-order valence-corrected chi connectivity index (χ4v) is 9.07. The predicted octanol–water partition coefficient (Wildman–Crippen LogP) is 9.10. The average Bonchev–Trinajstić information content (AvgIpc) is 3.95. The number of ether oxygens (including phenoxy) is 4. The summed E-state index contributed by atoms with van der Waals surface area (Å²) in [4.78, 5) is 50.3. The van der Waals surface area contributed by atoms with E-state index >= 15 is 0 Å². The summed E-state index contributed by atoms with van der Waals surface area (Å²) in [6.45, 7) is 6.65. The summed E-state index contributed by atoms with van der Waals surface area (Å²) >= 11 is 11.9. The highest BCUT2D eigenvalue weighted by atomic mass is 35.5. The van der Waals surface area contributed by atoms with Crippen LogP contribution in [0.2, 0.25) is 10.0 Å². The molecule has 0 saturated carbocycles. The first-order chi connectivity index (χ1) is 34.1. The third-order valence-electron chi connectivity index (χ3n) is 12.1. The maximum Gasteiger partial charge on any atom is 0.573 e. The molecule has 3 fully saturated rings. The number of halogens is 8. The fourth-order valence-electron chi connectivity index (χ4n) is 8.62. The van der Waals surface area contributed by atoms with Crippen LogP contribution in [0.4, 0.5) is 49.6 Å². The molecule has 3 aliphatic rings. The van der Waals surface area contributed by atoms with Crippen LogP contribution in [0.25, 0.3) is 21.8 Å². The maximum atomic E-state index is 12.4. The number of benzene rings is 4. The second-order valence-corrected chi connectivity index (χ2v) is 18.3. The molecule has 382 valence electrons. The number of piperidine rings is 1. The van der Waals surface area contributed by atoms with Gasteiger partial charge < -0.3 is 49.6 Å². The van der Waals surface area contributed by atoms with Crippen molar-refractivity contribution in [3.05, 3.63) is 94.2 Å². The van der Waals surface area contributed by atoms with Gasteiger partial charge in [0.05, 0.1) is 32.5 Å². The van der Waals surface area contributed by atoms with E-state index < -0.39 is 49.3 Å². The van der Waals surface area contributed by atoms with Crippen molar-refractivity contribution < 1.29 is 54.9 Å². The highest BCUT2D eigenvalue weighted by molar-refractivity contribution is 6.32. The number of amides is 2. The smallest absolute Gasteiger partial charge is 0.482 e. The minimum atomic E-state index is -4.83. The molecule has 24 heteroatoms. The van der Waals surface area contributed by atoms with E-state index in [4.69, 9.17) is 52.6 Å². The molecular weight excluding hydrogens is 997 g/mol. The Hall–Kier alpha value is -6.62. The van der Waals surface area contributed by atoms with Crippen molar-refractivity contribution in [2.75, 3.05) is 73.9 Å². The van der Waals surface area contributed by atoms with Gasteiger partial charge in [0.1, 0.15) is 23.0 Å². The van der Waals surface area contributed by atoms with Gasteiger partial charge in [-0.25, -0.2) is 19.9 Å². The molecule has 4 aromatic carbocycles. The van der Waals surface area contributed by atoms with Crippen LogP contribution in [0.15, 0.2) is 72.8 Å². The van der Waals surface area contributed by atoms with Crippen LogP contribution in [0.3, 0.4) is 0 Å². The first-order valence-corrected chi connectivity index (χ1v) is 23.3. The zero-order valence-electron chi connectivity index (χ0n) is 39.1. The van der Waals surface area contributed by atoms with E-state index in [1.807, 2.05) is 26.0 Å². The number of rotatable bonds is 13. The zero-order chi connectivity index (χ0) is 51.5. The van der Waals surface area contributed by atoms with Gasteiger partial charge in [-0.3, -0.25) is 9.59 Å². The molecule has 2 amide bonds. The maximum absolute atomic E-state index is 12.4. The quantitative estimate of drug-likeness (QED) is 0.0937. The summed E-state index contributed by atoms with van der Waals surface area (Å²) < 4.78 is 92.3. The van der Waals surface area contributed by atoms with Gasteiger partial charge in [0, 0.05) is 78.6 Å². The Kier molecular flexibility index (Phi) is 15.5. The lowest BCUT2D eigenvalue weighted by atomic mass is 10.0. The van der Waals surface area contributed by atoms with E-state index in [2.05, 4.69) is 54.2 Å². The van der Waals surface area contributed by atoms with E-state index in [1.54, 1.807) is 24.3 Å². The molecule has 0 spiro atoms. The SMILES string of the molecule is Cc1nc(N2CC3CC2CN3)nc2ccc(NC(=O)COc3ccc(OC(F)(F)F)cc3Cl)cc12.Cc1nc(N2CCC(N(C)C)CC2)nc2ccc(NC(=O)COc3ccc(OC(F)(F)F)cc3Cl)cc12. The van der Waals surface area contributed by atoms with Gasteiger partial charge in [-0.15, -0.1) is 26.3 Å². The molecule has 5 heterocycles. The molecule has 72 heavy (non-hydrogen) atoms. The second-order valence-electron chi connectivity index (χ2n) is 17.5. The number of fused-ring (bicyclic) bond motifs is 4. The van der Waals surface area contributed by atoms with Crippen molar-refractivity contribution in [2.45, 2.75) is 64.0 Å². The van der Waals surface area contributed by atoms with Crippen molar-refractivity contribution >= 4 is 80.1 Å². The third-order valence-corrected chi connectivity index (χ3v) is 12.7. The number of aryl methyl sites for hydroxylation is 2. The highest BCUT2D eigenvalue weighted by Gasteiger charge is 2.39. The number of carbonyl (C=O) groups is 2. The summed E-state index contributed by atoms with van der Waals surface area (Å²) in [6.07, 6.45) is -6.46. The Morgan fingerprint density at radius 2 is 1.19 bits per heavy atom. The number of piperazine rings is 1. The molecule has 9 rings (SSSR count). The van der Waals surface area contributed by atoms with E-state index in [0.717, 1.165) is 109 Å². The predicted molar refractivity (Wildman–Crippen MR) is 260 cm³/mol. The molecule has 6 aromatic rings. The van der Waals surface area contributed by atoms with Crippen molar-refractivity contribution in [3.8, 4) is 23.0 Å². The Balaban J connectivity index is 0.000000193. The van der Waals surface area contributed by atoms with Crippen LogP contribution in [0.5, 0.6) is 23.0 Å². The summed E-state index contributed by atoms with van der Waals surface area (Å²) in [7, 11) is 4.20. The Morgan fingerprint density at radius 3 is 1.62 bits per heavy atom. The van der Waals surface area contributed by atoms with Crippen LogP contribution in [0, 0.1) is 13.8 Å². The lowest BCUT2D eigenvalue weighted by Crippen LogP contribution is -2.44. The van der Waals surface area contributed by atoms with Gasteiger partial charge in [-0.05, 0) is 108 Å². The van der Waals surface area contributed by atoms with Crippen LogP contribution in [-0.4, -0.2) is 121 Å². The molecule has 3 N–H and O–H groups in total. The van der Waals surface area contributed by atoms with Gasteiger partial charge in [-0.1, -0.05) is 23.2 Å². The number of nitrogens with one attached hydrogen (secondary N) is 3. The lowest BCUT2D eigenvalue weighted by Gasteiger charge is -2.35. The topological polar surface area (TPSA) is 168 Å². The molecule has 2 aromatic heterocycles. The van der Waals surface area contributed by atoms with Crippen molar-refractivity contribution in [1.29, 1.82) is 0 Å². The van der Waals surface area contributed by atoms with E-state index in [1.165, 1.54) is 12.1 Å². The fraction of sp³-hybridized carbons (Fsp3) is 0.375. The summed E-state index contributed by atoms with van der Waals surface area (Å²) in [6, 6.07) is 18.6. The Labute approximate surface area is 418 Å². The third kappa shape index (κ3) is 13.3. The van der Waals surface area contributed by atoms with Crippen molar-refractivity contribution in [3.63, 3.8) is 0 Å². The molecule has 16 nitrogen and oxygen atoms in total. The number of aromatic nitrogens is 4. The summed E-state index contributed by atoms with van der Waals surface area (Å²) in [5.74, 6) is -0.367. The van der Waals surface area contributed by atoms with Crippen LogP contribution in [-0.2, 0) is 9.59 Å². The molecule has 2 bridgehead atoms. The zero-order valence-corrected chi connectivity index (χ0v) is 40.6. The number of alkyl halides is 6. The minimum Gasteiger partial charge on any atom is -0.482 e. The number of hydrogen-bond acceptors (Lipinski definition) is 14. The van der Waals surface area contributed by atoms with Gasteiger partial charge in [0.25, 0.3) is 11.8 Å². The van der Waals surface area contributed by atoms with Gasteiger partial charge in [-0.2, -0.15) is 0 Å². The van der Waals surface area contributed by atoms with Gasteiger partial charge in [0.2, 0.25) is 11.9 Å². The van der Waals surface area contributed by atoms with E-state index in [0.29, 0.717) is 35.4 Å². The number of nitrogens with zero attached hydrogens (tertiary/aromatic N) is 7. The summed E-state index contributed by atoms with van der Waals surface area (Å²) in [5, 5.41) is 10.3. The first-order valence-electron chi connectivity index (χ1n) is 22.6. The summed E-state index contributed by atoms with van der Waals surface area (Å²) in [5.41, 5.74) is 4.24. The monoisotopic (exact) mass is 1040 g/mol.